The molecule has 0 saturated heterocycles. The minimum absolute atomic E-state index is 0.548. The number of hydrogen-bond donors (Lipinski definition) is 2. The summed E-state index contributed by atoms with van der Waals surface area (Å²) in [4.78, 5) is 9.41. The van der Waals surface area contributed by atoms with Crippen molar-refractivity contribution in [2.45, 2.75) is 32.7 Å². The van der Waals surface area contributed by atoms with Crippen LogP contribution in [0, 0.1) is 13.8 Å². The van der Waals surface area contributed by atoms with Gasteiger partial charge in [-0.15, -0.1) is 0 Å². The molecule has 0 aliphatic heterocycles. The highest BCUT2D eigenvalue weighted by Gasteiger charge is 2.22. The Kier molecular flexibility index (Phi) is 4.10. The second-order valence-corrected chi connectivity index (χ2v) is 6.62. The number of benzene rings is 2. The average Bonchev–Trinajstić information content (AvgIpc) is 3.43. The van der Waals surface area contributed by atoms with Crippen LogP contribution in [0.1, 0.15) is 24.0 Å². The van der Waals surface area contributed by atoms with E-state index in [1.54, 1.807) is 0 Å². The molecule has 0 unspecified atom stereocenters. The van der Waals surface area contributed by atoms with E-state index in [-0.39, 0.29) is 0 Å². The molecule has 2 aromatic carbocycles. The summed E-state index contributed by atoms with van der Waals surface area (Å²) in [5.74, 6) is 1.50. The molecule has 1 fully saturated rings. The second-order valence-electron chi connectivity index (χ2n) is 6.62. The number of nitrogens with one attached hydrogen (secondary N) is 2. The van der Waals surface area contributed by atoms with Crippen LogP contribution in [0.3, 0.4) is 0 Å². The SMILES string of the molecule is Cc1cccc(Nc2nc(NC3CC3)cc(-c3ccccc3)n2)c1C. The van der Waals surface area contributed by atoms with E-state index in [1.807, 2.05) is 24.3 Å². The summed E-state index contributed by atoms with van der Waals surface area (Å²) < 4.78 is 0. The summed E-state index contributed by atoms with van der Waals surface area (Å²) >= 11 is 0. The monoisotopic (exact) mass is 330 g/mol. The average molecular weight is 330 g/mol. The maximum absolute atomic E-state index is 4.74. The summed E-state index contributed by atoms with van der Waals surface area (Å²) in [7, 11) is 0. The quantitative estimate of drug-likeness (QED) is 0.685. The number of rotatable bonds is 5. The minimum Gasteiger partial charge on any atom is -0.367 e. The van der Waals surface area contributed by atoms with E-state index in [0.717, 1.165) is 22.8 Å². The van der Waals surface area contributed by atoms with Crippen LogP contribution >= 0.6 is 0 Å². The predicted octanol–water partition coefficient (Wildman–Crippen LogP) is 5.08. The van der Waals surface area contributed by atoms with Crippen LogP contribution in [-0.2, 0) is 0 Å². The molecular formula is C21H22N4. The van der Waals surface area contributed by atoms with Crippen LogP contribution in [0.5, 0.6) is 0 Å². The third-order valence-corrected chi connectivity index (χ3v) is 4.58. The third kappa shape index (κ3) is 3.63. The fourth-order valence-electron chi connectivity index (χ4n) is 2.78. The van der Waals surface area contributed by atoms with Crippen LogP contribution in [0.2, 0.25) is 0 Å². The van der Waals surface area contributed by atoms with E-state index < -0.39 is 0 Å². The molecule has 0 bridgehead atoms. The summed E-state index contributed by atoms with van der Waals surface area (Å²) in [6.45, 7) is 4.23. The first-order valence-corrected chi connectivity index (χ1v) is 8.73. The summed E-state index contributed by atoms with van der Waals surface area (Å²) in [5.41, 5.74) is 5.52. The van der Waals surface area contributed by atoms with Crippen molar-refractivity contribution in [2.75, 3.05) is 10.6 Å². The number of aryl methyl sites for hydroxylation is 1. The van der Waals surface area contributed by atoms with Gasteiger partial charge in [0.05, 0.1) is 5.69 Å². The van der Waals surface area contributed by atoms with Crippen molar-refractivity contribution in [1.82, 2.24) is 9.97 Å². The van der Waals surface area contributed by atoms with Crippen molar-refractivity contribution in [2.24, 2.45) is 0 Å². The van der Waals surface area contributed by atoms with E-state index in [2.05, 4.69) is 59.8 Å². The largest absolute Gasteiger partial charge is 0.367 e. The predicted molar refractivity (Wildman–Crippen MR) is 103 cm³/mol. The van der Waals surface area contributed by atoms with Crippen LogP contribution < -0.4 is 10.6 Å². The van der Waals surface area contributed by atoms with Crippen molar-refractivity contribution in [3.05, 3.63) is 65.7 Å². The molecule has 4 rings (SSSR count). The maximum Gasteiger partial charge on any atom is 0.229 e. The zero-order valence-electron chi connectivity index (χ0n) is 14.6. The molecule has 1 aliphatic rings. The van der Waals surface area contributed by atoms with Gasteiger partial charge in [-0.1, -0.05) is 42.5 Å². The number of nitrogens with zero attached hydrogens (tertiary/aromatic N) is 2. The Morgan fingerprint density at radius 3 is 2.48 bits per heavy atom. The lowest BCUT2D eigenvalue weighted by Gasteiger charge is -2.13. The molecule has 0 atom stereocenters. The molecular weight excluding hydrogens is 308 g/mol. The molecule has 3 aromatic rings. The number of anilines is 3. The molecule has 1 heterocycles. The van der Waals surface area contributed by atoms with Gasteiger partial charge in [-0.05, 0) is 43.9 Å². The van der Waals surface area contributed by atoms with Gasteiger partial charge in [0.2, 0.25) is 5.95 Å². The van der Waals surface area contributed by atoms with E-state index >= 15 is 0 Å². The van der Waals surface area contributed by atoms with Gasteiger partial charge in [0.15, 0.2) is 0 Å². The van der Waals surface area contributed by atoms with Crippen LogP contribution in [0.15, 0.2) is 54.6 Å². The zero-order chi connectivity index (χ0) is 17.2. The Hall–Kier alpha value is -2.88. The van der Waals surface area contributed by atoms with Gasteiger partial charge in [0.1, 0.15) is 5.82 Å². The normalized spacial score (nSPS) is 13.5. The Morgan fingerprint density at radius 2 is 1.72 bits per heavy atom. The molecule has 1 saturated carbocycles. The fraction of sp³-hybridized carbons (Fsp3) is 0.238. The van der Waals surface area contributed by atoms with Crippen molar-refractivity contribution in [3.8, 4) is 11.3 Å². The first kappa shape index (κ1) is 15.6. The molecule has 126 valence electrons. The lowest BCUT2D eigenvalue weighted by molar-refractivity contribution is 1.08. The first-order valence-electron chi connectivity index (χ1n) is 8.73. The number of aromatic nitrogens is 2. The number of hydrogen-bond acceptors (Lipinski definition) is 4. The molecule has 4 heteroatoms. The molecule has 4 nitrogen and oxygen atoms in total. The Morgan fingerprint density at radius 1 is 0.920 bits per heavy atom. The van der Waals surface area contributed by atoms with Gasteiger partial charge in [-0.3, -0.25) is 0 Å². The van der Waals surface area contributed by atoms with Gasteiger partial charge in [0.25, 0.3) is 0 Å². The van der Waals surface area contributed by atoms with E-state index in [4.69, 9.17) is 4.98 Å². The van der Waals surface area contributed by atoms with Crippen molar-refractivity contribution < 1.29 is 0 Å². The Labute approximate surface area is 148 Å². The van der Waals surface area contributed by atoms with Gasteiger partial charge in [-0.25, -0.2) is 4.98 Å². The highest BCUT2D eigenvalue weighted by Crippen LogP contribution is 2.28. The summed E-state index contributed by atoms with van der Waals surface area (Å²) in [5, 5.41) is 6.88. The second kappa shape index (κ2) is 6.55. The summed E-state index contributed by atoms with van der Waals surface area (Å²) in [6, 6.07) is 19.0. The fourth-order valence-corrected chi connectivity index (χ4v) is 2.78. The molecule has 0 spiro atoms. The van der Waals surface area contributed by atoms with Crippen LogP contribution in [0.4, 0.5) is 17.5 Å². The van der Waals surface area contributed by atoms with Gasteiger partial charge < -0.3 is 10.6 Å². The smallest absolute Gasteiger partial charge is 0.229 e. The van der Waals surface area contributed by atoms with E-state index in [1.165, 1.54) is 24.0 Å². The standard InChI is InChI=1S/C21H22N4/c1-14-7-6-10-18(15(14)2)23-21-24-19(16-8-4-3-5-9-16)13-20(25-21)22-17-11-12-17/h3-10,13,17H,11-12H2,1-2H3,(H2,22,23,24,25). The van der Waals surface area contributed by atoms with Gasteiger partial charge >= 0.3 is 0 Å². The van der Waals surface area contributed by atoms with Gasteiger partial charge in [0, 0.05) is 23.4 Å². The van der Waals surface area contributed by atoms with E-state index in [0.29, 0.717) is 12.0 Å². The minimum atomic E-state index is 0.548. The molecule has 25 heavy (non-hydrogen) atoms. The first-order chi connectivity index (χ1) is 12.2. The van der Waals surface area contributed by atoms with Crippen LogP contribution in [-0.4, -0.2) is 16.0 Å². The Balaban J connectivity index is 1.71. The van der Waals surface area contributed by atoms with Crippen molar-refractivity contribution in [1.29, 1.82) is 0 Å². The molecule has 0 radical (unpaired) electrons. The van der Waals surface area contributed by atoms with E-state index in [9.17, 15) is 0 Å². The summed E-state index contributed by atoms with van der Waals surface area (Å²) in [6.07, 6.45) is 2.43. The topological polar surface area (TPSA) is 49.8 Å². The van der Waals surface area contributed by atoms with Crippen molar-refractivity contribution in [3.63, 3.8) is 0 Å². The molecule has 1 aliphatic carbocycles. The Bertz CT molecular complexity index is 886. The maximum atomic E-state index is 4.74. The lowest BCUT2D eigenvalue weighted by atomic mass is 10.1. The molecule has 1 aromatic heterocycles. The van der Waals surface area contributed by atoms with Crippen molar-refractivity contribution >= 4 is 17.5 Å². The van der Waals surface area contributed by atoms with Gasteiger partial charge in [-0.2, -0.15) is 4.98 Å². The highest BCUT2D eigenvalue weighted by molar-refractivity contribution is 5.67. The van der Waals surface area contributed by atoms with Crippen LogP contribution in [0.25, 0.3) is 11.3 Å². The lowest BCUT2D eigenvalue weighted by Crippen LogP contribution is -2.07. The highest BCUT2D eigenvalue weighted by atomic mass is 15.2. The zero-order valence-corrected chi connectivity index (χ0v) is 14.6. The molecule has 0 amide bonds. The third-order valence-electron chi connectivity index (χ3n) is 4.58. The molecule has 2 N–H and O–H groups in total.